The topological polar surface area (TPSA) is 24.6 Å². The minimum absolute atomic E-state index is 0.268. The molecule has 0 aliphatic rings. The standard InChI is InChI=1S/C13H14BN5S3/c1-15-7-9-18(12(15)21)14(17-6-4-3-5-11(17)20)19-10-8-16(2)13(19)22/h3-10H,1-2H3/q-1. The van der Waals surface area contributed by atoms with E-state index in [0.717, 1.165) is 0 Å². The van der Waals surface area contributed by atoms with Gasteiger partial charge >= 0.3 is 0 Å². The van der Waals surface area contributed by atoms with Gasteiger partial charge in [-0.1, -0.05) is 18.3 Å². The summed E-state index contributed by atoms with van der Waals surface area (Å²) in [5.41, 5.74) is 0. The molecule has 113 valence electrons. The summed E-state index contributed by atoms with van der Waals surface area (Å²) in [6.07, 6.45) is 9.67. The lowest BCUT2D eigenvalue weighted by Crippen LogP contribution is -2.41. The molecule has 3 rings (SSSR count). The zero-order chi connectivity index (χ0) is 15.9. The van der Waals surface area contributed by atoms with E-state index in [9.17, 15) is 0 Å². The van der Waals surface area contributed by atoms with Gasteiger partial charge in [0.25, 0.3) is 0 Å². The number of hydrogen-bond acceptors (Lipinski definition) is 3. The van der Waals surface area contributed by atoms with Crippen molar-refractivity contribution in [3.63, 3.8) is 0 Å². The van der Waals surface area contributed by atoms with E-state index in [-0.39, 0.29) is 7.12 Å². The molecule has 1 radical (unpaired) electrons. The number of nitrogens with zero attached hydrogens (tertiary/aromatic N) is 5. The molecule has 9 heteroatoms. The molecule has 0 amide bonds. The Balaban J connectivity index is 2.33. The van der Waals surface area contributed by atoms with Gasteiger partial charge in [-0.15, -0.1) is 0 Å². The SMILES string of the molecule is Cn1ccn([B-](n2ccccc2=S)n2ccn(C)c2=S)c1=S. The number of hydrogen-bond donors (Lipinski definition) is 0. The summed E-state index contributed by atoms with van der Waals surface area (Å²) < 4.78 is 11.8. The van der Waals surface area contributed by atoms with E-state index in [1.165, 1.54) is 0 Å². The van der Waals surface area contributed by atoms with Crippen molar-refractivity contribution in [3.05, 3.63) is 63.4 Å². The Morgan fingerprint density at radius 3 is 1.68 bits per heavy atom. The predicted molar refractivity (Wildman–Crippen MR) is 95.7 cm³/mol. The molecule has 3 heterocycles. The van der Waals surface area contributed by atoms with E-state index in [2.05, 4.69) is 0 Å². The molecule has 0 unspecified atom stereocenters. The second kappa shape index (κ2) is 5.83. The third kappa shape index (κ3) is 2.45. The average molecular weight is 347 g/mol. The van der Waals surface area contributed by atoms with Gasteiger partial charge in [0.05, 0.1) is 4.64 Å². The second-order valence-electron chi connectivity index (χ2n) is 4.99. The normalized spacial score (nSPS) is 11.2. The highest BCUT2D eigenvalue weighted by atomic mass is 32.1. The van der Waals surface area contributed by atoms with Crippen LogP contribution in [0.15, 0.2) is 49.2 Å². The molecular formula is C13H14BN5S3-. The molecule has 0 atom stereocenters. The first-order valence-corrected chi connectivity index (χ1v) is 7.87. The maximum atomic E-state index is 5.52. The van der Waals surface area contributed by atoms with E-state index in [0.29, 0.717) is 14.2 Å². The first-order chi connectivity index (χ1) is 10.5. The van der Waals surface area contributed by atoms with E-state index in [1.807, 2.05) is 85.8 Å². The molecule has 0 spiro atoms. The number of aryl methyl sites for hydroxylation is 2. The Kier molecular flexibility index (Phi) is 4.03. The third-order valence-electron chi connectivity index (χ3n) is 3.54. The summed E-state index contributed by atoms with van der Waals surface area (Å²) >= 11 is 16.5. The highest BCUT2D eigenvalue weighted by molar-refractivity contribution is 7.71. The number of aromatic nitrogens is 5. The minimum atomic E-state index is -0.268. The minimum Gasteiger partial charge on any atom is -0.499 e. The Morgan fingerprint density at radius 1 is 0.727 bits per heavy atom. The molecule has 3 aromatic heterocycles. The predicted octanol–water partition coefficient (Wildman–Crippen LogP) is 2.89. The van der Waals surface area contributed by atoms with Gasteiger partial charge in [-0.05, 0) is 55.2 Å². The first kappa shape index (κ1) is 15.2. The Labute approximate surface area is 143 Å². The van der Waals surface area contributed by atoms with Gasteiger partial charge in [0.2, 0.25) is 7.12 Å². The van der Waals surface area contributed by atoms with Crippen LogP contribution in [0, 0.1) is 14.2 Å². The van der Waals surface area contributed by atoms with Crippen molar-refractivity contribution < 1.29 is 0 Å². The zero-order valence-corrected chi connectivity index (χ0v) is 14.6. The summed E-state index contributed by atoms with van der Waals surface area (Å²) in [5, 5.41) is 0. The smallest absolute Gasteiger partial charge is 0.207 e. The van der Waals surface area contributed by atoms with Crippen LogP contribution in [0.2, 0.25) is 0 Å². The molecule has 0 aliphatic carbocycles. The third-order valence-corrected chi connectivity index (χ3v) is 4.89. The molecule has 22 heavy (non-hydrogen) atoms. The maximum Gasteiger partial charge on any atom is 0.207 e. The summed E-state index contributed by atoms with van der Waals surface area (Å²) in [5.74, 6) is 0. The maximum absolute atomic E-state index is 5.52. The molecule has 0 aliphatic heterocycles. The van der Waals surface area contributed by atoms with E-state index >= 15 is 0 Å². The largest absolute Gasteiger partial charge is 0.499 e. The summed E-state index contributed by atoms with van der Waals surface area (Å²) in [7, 11) is 3.57. The molecule has 5 nitrogen and oxygen atoms in total. The lowest BCUT2D eigenvalue weighted by atomic mass is 9.92. The van der Waals surface area contributed by atoms with Gasteiger partial charge in [0.15, 0.2) is 0 Å². The van der Waals surface area contributed by atoms with Gasteiger partial charge in [0, 0.05) is 26.5 Å². The molecule has 0 aromatic carbocycles. The van der Waals surface area contributed by atoms with Crippen LogP contribution in [-0.4, -0.2) is 29.7 Å². The van der Waals surface area contributed by atoms with Gasteiger partial charge < -0.3 is 22.6 Å². The van der Waals surface area contributed by atoms with Crippen LogP contribution < -0.4 is 0 Å². The van der Waals surface area contributed by atoms with E-state index in [1.54, 1.807) is 0 Å². The molecule has 0 bridgehead atoms. The summed E-state index contributed by atoms with van der Waals surface area (Å²) in [6.45, 7) is 0. The van der Waals surface area contributed by atoms with Crippen molar-refractivity contribution in [2.45, 2.75) is 0 Å². The molecular weight excluding hydrogens is 333 g/mol. The fourth-order valence-electron chi connectivity index (χ4n) is 2.35. The Morgan fingerprint density at radius 2 is 1.27 bits per heavy atom. The van der Waals surface area contributed by atoms with Crippen LogP contribution >= 0.6 is 36.7 Å². The molecule has 0 saturated carbocycles. The number of pyridine rings is 1. The van der Waals surface area contributed by atoms with Gasteiger partial charge in [-0.2, -0.15) is 0 Å². The van der Waals surface area contributed by atoms with Crippen LogP contribution in [0.1, 0.15) is 0 Å². The highest BCUT2D eigenvalue weighted by Gasteiger charge is 2.10. The Bertz CT molecular complexity index is 936. The van der Waals surface area contributed by atoms with Gasteiger partial charge in [0.1, 0.15) is 9.54 Å². The number of imidazole rings is 2. The summed E-state index contributed by atoms with van der Waals surface area (Å²) in [6, 6.07) is 5.76. The monoisotopic (exact) mass is 347 g/mol. The molecule has 3 aromatic rings. The lowest BCUT2D eigenvalue weighted by molar-refractivity contribution is 0.832. The van der Waals surface area contributed by atoms with Crippen LogP contribution in [0.4, 0.5) is 0 Å². The fraction of sp³-hybridized carbons (Fsp3) is 0.154. The van der Waals surface area contributed by atoms with E-state index in [4.69, 9.17) is 36.7 Å². The lowest BCUT2D eigenvalue weighted by Gasteiger charge is -2.34. The van der Waals surface area contributed by atoms with Crippen molar-refractivity contribution in [2.75, 3.05) is 0 Å². The second-order valence-corrected chi connectivity index (χ2v) is 6.14. The van der Waals surface area contributed by atoms with Crippen molar-refractivity contribution >= 4 is 43.8 Å². The van der Waals surface area contributed by atoms with Gasteiger partial charge in [-0.25, -0.2) is 0 Å². The van der Waals surface area contributed by atoms with Crippen molar-refractivity contribution in [3.8, 4) is 0 Å². The van der Waals surface area contributed by atoms with E-state index < -0.39 is 0 Å². The first-order valence-electron chi connectivity index (χ1n) is 6.65. The Hall–Kier alpha value is -1.71. The highest BCUT2D eigenvalue weighted by Crippen LogP contribution is 2.07. The molecule has 0 saturated heterocycles. The quantitative estimate of drug-likeness (QED) is 0.538. The molecule has 0 fully saturated rings. The zero-order valence-electron chi connectivity index (χ0n) is 12.2. The van der Waals surface area contributed by atoms with Crippen LogP contribution in [0.3, 0.4) is 0 Å². The van der Waals surface area contributed by atoms with Crippen molar-refractivity contribution in [2.24, 2.45) is 14.1 Å². The fourth-order valence-corrected chi connectivity index (χ4v) is 3.01. The number of rotatable bonds is 3. The molecule has 0 N–H and O–H groups in total. The van der Waals surface area contributed by atoms with Crippen molar-refractivity contribution in [1.82, 2.24) is 22.6 Å². The van der Waals surface area contributed by atoms with Crippen LogP contribution in [-0.2, 0) is 14.1 Å². The average Bonchev–Trinajstić information content (AvgIpc) is 3.00. The van der Waals surface area contributed by atoms with Crippen molar-refractivity contribution in [1.29, 1.82) is 0 Å². The van der Waals surface area contributed by atoms with Crippen LogP contribution in [0.5, 0.6) is 0 Å². The summed E-state index contributed by atoms with van der Waals surface area (Å²) in [4.78, 5) is 0. The van der Waals surface area contributed by atoms with Crippen LogP contribution in [0.25, 0.3) is 0 Å². The van der Waals surface area contributed by atoms with Gasteiger partial charge in [-0.3, -0.25) is 0 Å².